The Balaban J connectivity index is 2.33. The molecule has 1 aliphatic rings. The van der Waals surface area contributed by atoms with E-state index in [2.05, 4.69) is 0 Å². The van der Waals surface area contributed by atoms with Crippen molar-refractivity contribution in [2.75, 3.05) is 24.7 Å². The Bertz CT molecular complexity index is 294. The zero-order chi connectivity index (χ0) is 10.6. The van der Waals surface area contributed by atoms with E-state index in [-0.39, 0.29) is 29.8 Å². The molecule has 1 fully saturated rings. The van der Waals surface area contributed by atoms with Crippen LogP contribution in [-0.4, -0.2) is 38.9 Å². The third kappa shape index (κ3) is 3.38. The van der Waals surface area contributed by atoms with Gasteiger partial charge in [-0.25, -0.2) is 8.42 Å². The van der Waals surface area contributed by atoms with Crippen LogP contribution in [0.2, 0.25) is 0 Å². The summed E-state index contributed by atoms with van der Waals surface area (Å²) in [6.07, 6.45) is 1.34. The summed E-state index contributed by atoms with van der Waals surface area (Å²) in [4.78, 5) is 11.4. The molecule has 14 heavy (non-hydrogen) atoms. The van der Waals surface area contributed by atoms with Crippen molar-refractivity contribution in [1.82, 2.24) is 0 Å². The first-order valence-corrected chi connectivity index (χ1v) is 6.68. The van der Waals surface area contributed by atoms with Crippen LogP contribution in [0.25, 0.3) is 0 Å². The second kappa shape index (κ2) is 4.89. The smallest absolute Gasteiger partial charge is 0.162 e. The van der Waals surface area contributed by atoms with Gasteiger partial charge in [0.1, 0.15) is 6.61 Å². The Hall–Kier alpha value is -0.420. The van der Waals surface area contributed by atoms with Crippen LogP contribution in [0.4, 0.5) is 0 Å². The molecule has 0 amide bonds. The van der Waals surface area contributed by atoms with Gasteiger partial charge < -0.3 is 4.74 Å². The lowest BCUT2D eigenvalue weighted by Crippen LogP contribution is -2.21. The number of Topliss-reactive ketones (excluding diaryl/α,β-unsaturated/α-hetero) is 1. The number of hydrogen-bond donors (Lipinski definition) is 0. The van der Waals surface area contributed by atoms with Crippen LogP contribution in [0.5, 0.6) is 0 Å². The van der Waals surface area contributed by atoms with Crippen molar-refractivity contribution >= 4 is 15.6 Å². The topological polar surface area (TPSA) is 60.4 Å². The summed E-state index contributed by atoms with van der Waals surface area (Å²) in [6, 6.07) is 0. The molecule has 5 heteroatoms. The summed E-state index contributed by atoms with van der Waals surface area (Å²) in [5, 5.41) is 0. The number of carbonyl (C=O) groups excluding carboxylic acids is 1. The van der Waals surface area contributed by atoms with Gasteiger partial charge in [0.2, 0.25) is 0 Å². The highest BCUT2D eigenvalue weighted by Gasteiger charge is 2.32. The lowest BCUT2D eigenvalue weighted by molar-refractivity contribution is -0.126. The molecule has 0 spiro atoms. The van der Waals surface area contributed by atoms with Gasteiger partial charge in [-0.15, -0.1) is 0 Å². The molecule has 0 aromatic rings. The van der Waals surface area contributed by atoms with E-state index in [1.165, 1.54) is 0 Å². The van der Waals surface area contributed by atoms with E-state index in [0.717, 1.165) is 6.42 Å². The molecule has 1 aliphatic heterocycles. The minimum absolute atomic E-state index is 0.0152. The average Bonchev–Trinajstić information content (AvgIpc) is 2.46. The average molecular weight is 220 g/mol. The van der Waals surface area contributed by atoms with E-state index in [4.69, 9.17) is 4.74 Å². The van der Waals surface area contributed by atoms with Gasteiger partial charge in [0, 0.05) is 12.5 Å². The molecular weight excluding hydrogens is 204 g/mol. The molecule has 0 saturated carbocycles. The summed E-state index contributed by atoms with van der Waals surface area (Å²) in [5.41, 5.74) is 0. The molecule has 1 heterocycles. The van der Waals surface area contributed by atoms with Crippen LogP contribution < -0.4 is 0 Å². The van der Waals surface area contributed by atoms with E-state index in [9.17, 15) is 13.2 Å². The molecule has 1 rings (SSSR count). The summed E-state index contributed by atoms with van der Waals surface area (Å²) in [7, 11) is -2.95. The van der Waals surface area contributed by atoms with Crippen molar-refractivity contribution in [3.05, 3.63) is 0 Å². The maximum absolute atomic E-state index is 11.4. The largest absolute Gasteiger partial charge is 0.374 e. The fourth-order valence-corrected chi connectivity index (χ4v) is 3.26. The highest BCUT2D eigenvalue weighted by molar-refractivity contribution is 7.91. The van der Waals surface area contributed by atoms with Gasteiger partial charge >= 0.3 is 0 Å². The van der Waals surface area contributed by atoms with Gasteiger partial charge in [0.05, 0.1) is 11.5 Å². The van der Waals surface area contributed by atoms with Gasteiger partial charge in [0.15, 0.2) is 15.6 Å². The Morgan fingerprint density at radius 1 is 1.50 bits per heavy atom. The Morgan fingerprint density at radius 3 is 2.71 bits per heavy atom. The van der Waals surface area contributed by atoms with Crippen molar-refractivity contribution < 1.29 is 17.9 Å². The first-order chi connectivity index (χ1) is 6.55. The predicted molar refractivity (Wildman–Crippen MR) is 52.9 cm³/mol. The number of carbonyl (C=O) groups is 1. The Labute approximate surface area is 84.6 Å². The van der Waals surface area contributed by atoms with E-state index < -0.39 is 9.84 Å². The summed E-state index contributed by atoms with van der Waals surface area (Å²) < 4.78 is 27.2. The van der Waals surface area contributed by atoms with E-state index in [1.807, 2.05) is 6.92 Å². The third-order valence-corrected chi connectivity index (χ3v) is 4.05. The van der Waals surface area contributed by atoms with Crippen LogP contribution in [0.15, 0.2) is 0 Å². The molecule has 0 radical (unpaired) electrons. The lowest BCUT2D eigenvalue weighted by Gasteiger charge is -2.06. The fourth-order valence-electron chi connectivity index (χ4n) is 1.48. The number of hydrogen-bond acceptors (Lipinski definition) is 4. The molecule has 0 bridgehead atoms. The van der Waals surface area contributed by atoms with E-state index >= 15 is 0 Å². The Kier molecular flexibility index (Phi) is 4.07. The third-order valence-electron chi connectivity index (χ3n) is 2.28. The first kappa shape index (κ1) is 11.7. The normalized spacial score (nSPS) is 25.1. The van der Waals surface area contributed by atoms with E-state index in [1.54, 1.807) is 0 Å². The highest BCUT2D eigenvalue weighted by atomic mass is 32.2. The summed E-state index contributed by atoms with van der Waals surface area (Å²) in [6.45, 7) is 2.59. The molecule has 0 aliphatic carbocycles. The van der Waals surface area contributed by atoms with Gasteiger partial charge in [0.25, 0.3) is 0 Å². The maximum Gasteiger partial charge on any atom is 0.162 e. The minimum atomic E-state index is -2.95. The highest BCUT2D eigenvalue weighted by Crippen LogP contribution is 2.19. The molecule has 4 nitrogen and oxygen atoms in total. The van der Waals surface area contributed by atoms with Crippen LogP contribution in [0, 0.1) is 5.92 Å². The SMILES string of the molecule is CCCOCC(=O)C1CCS(=O)(=O)C1. The fraction of sp³-hybridized carbons (Fsp3) is 0.889. The van der Waals surface area contributed by atoms with Crippen molar-refractivity contribution in [1.29, 1.82) is 0 Å². The number of sulfone groups is 1. The Morgan fingerprint density at radius 2 is 2.21 bits per heavy atom. The number of ether oxygens (including phenoxy) is 1. The molecule has 1 unspecified atom stereocenters. The van der Waals surface area contributed by atoms with Gasteiger partial charge in [-0.2, -0.15) is 0 Å². The summed E-state index contributed by atoms with van der Waals surface area (Å²) in [5.74, 6) is -0.227. The van der Waals surface area contributed by atoms with Crippen LogP contribution in [0.1, 0.15) is 19.8 Å². The monoisotopic (exact) mass is 220 g/mol. The van der Waals surface area contributed by atoms with Gasteiger partial charge in [-0.1, -0.05) is 6.92 Å². The molecule has 0 aromatic heterocycles. The van der Waals surface area contributed by atoms with E-state index in [0.29, 0.717) is 13.0 Å². The van der Waals surface area contributed by atoms with Crippen LogP contribution in [0.3, 0.4) is 0 Å². The molecule has 0 aromatic carbocycles. The van der Waals surface area contributed by atoms with Crippen molar-refractivity contribution in [3.63, 3.8) is 0 Å². The van der Waals surface area contributed by atoms with Gasteiger partial charge in [-0.05, 0) is 12.8 Å². The lowest BCUT2D eigenvalue weighted by atomic mass is 10.1. The van der Waals surface area contributed by atoms with Crippen molar-refractivity contribution in [2.45, 2.75) is 19.8 Å². The molecule has 1 atom stereocenters. The number of rotatable bonds is 5. The maximum atomic E-state index is 11.4. The zero-order valence-corrected chi connectivity index (χ0v) is 9.18. The molecule has 0 N–H and O–H groups in total. The first-order valence-electron chi connectivity index (χ1n) is 4.86. The van der Waals surface area contributed by atoms with Crippen molar-refractivity contribution in [3.8, 4) is 0 Å². The van der Waals surface area contributed by atoms with Crippen molar-refractivity contribution in [2.24, 2.45) is 5.92 Å². The summed E-state index contributed by atoms with van der Waals surface area (Å²) >= 11 is 0. The number of ketones is 1. The quantitative estimate of drug-likeness (QED) is 0.630. The second-order valence-corrected chi connectivity index (χ2v) is 5.85. The minimum Gasteiger partial charge on any atom is -0.374 e. The molecular formula is C9H16O4S. The van der Waals surface area contributed by atoms with Gasteiger partial charge in [-0.3, -0.25) is 4.79 Å². The second-order valence-electron chi connectivity index (χ2n) is 3.62. The standard InChI is InChI=1S/C9H16O4S/c1-2-4-13-6-9(10)8-3-5-14(11,12)7-8/h8H,2-7H2,1H3. The zero-order valence-electron chi connectivity index (χ0n) is 8.36. The predicted octanol–water partition coefficient (Wildman–Crippen LogP) is 0.417. The van der Waals surface area contributed by atoms with Crippen LogP contribution in [-0.2, 0) is 19.4 Å². The molecule has 82 valence electrons. The van der Waals surface area contributed by atoms with Crippen LogP contribution >= 0.6 is 0 Å². The molecule has 1 saturated heterocycles.